The monoisotopic (exact) mass is 357 g/mol. The fraction of sp³-hybridized carbons (Fsp3) is 0.125. The van der Waals surface area contributed by atoms with Gasteiger partial charge in [0.25, 0.3) is 11.6 Å². The normalized spacial score (nSPS) is 10.5. The van der Waals surface area contributed by atoms with E-state index in [0.717, 1.165) is 10.6 Å². The van der Waals surface area contributed by atoms with Gasteiger partial charge in [-0.25, -0.2) is 0 Å². The molecule has 8 nitrogen and oxygen atoms in total. The zero-order chi connectivity index (χ0) is 18.0. The molecule has 1 aromatic carbocycles. The van der Waals surface area contributed by atoms with Gasteiger partial charge in [-0.3, -0.25) is 20.0 Å². The lowest BCUT2D eigenvalue weighted by molar-refractivity contribution is -0.384. The Balaban J connectivity index is 1.84. The maximum Gasteiger partial charge on any atom is 0.270 e. The molecular formula is C16H15N5O3S. The van der Waals surface area contributed by atoms with Crippen molar-refractivity contribution < 1.29 is 9.72 Å². The Morgan fingerprint density at radius 1 is 1.28 bits per heavy atom. The number of carbonyl (C=O) groups is 1. The van der Waals surface area contributed by atoms with Gasteiger partial charge in [-0.1, -0.05) is 0 Å². The number of aromatic nitrogens is 2. The van der Waals surface area contributed by atoms with E-state index in [1.807, 2.05) is 19.1 Å². The second kappa shape index (κ2) is 6.73. The van der Waals surface area contributed by atoms with E-state index in [2.05, 4.69) is 20.8 Å². The largest absolute Gasteiger partial charge is 0.387 e. The van der Waals surface area contributed by atoms with E-state index >= 15 is 0 Å². The molecule has 0 atom stereocenters. The number of benzene rings is 1. The van der Waals surface area contributed by atoms with Crippen LogP contribution in [0.1, 0.15) is 15.2 Å². The first-order valence-electron chi connectivity index (χ1n) is 7.37. The predicted octanol–water partition coefficient (Wildman–Crippen LogP) is 3.65. The average Bonchev–Trinajstić information content (AvgIpc) is 3.23. The van der Waals surface area contributed by atoms with Gasteiger partial charge in [0.15, 0.2) is 5.82 Å². The zero-order valence-corrected chi connectivity index (χ0v) is 14.3. The smallest absolute Gasteiger partial charge is 0.270 e. The van der Waals surface area contributed by atoms with Crippen LogP contribution in [0.25, 0.3) is 10.6 Å². The summed E-state index contributed by atoms with van der Waals surface area (Å²) in [7, 11) is 1.64. The van der Waals surface area contributed by atoms with Crippen LogP contribution in [-0.2, 0) is 0 Å². The molecule has 0 bridgehead atoms. The molecule has 3 aromatic rings. The SMILES string of the molecule is CNc1ccc([N+](=O)[O-])cc1C(=O)Nc1cc(-c2ccc(C)s2)[nH]n1. The number of nitrogens with zero attached hydrogens (tertiary/aromatic N) is 2. The second-order valence-corrected chi connectivity index (χ2v) is 6.56. The van der Waals surface area contributed by atoms with Gasteiger partial charge < -0.3 is 10.6 Å². The van der Waals surface area contributed by atoms with E-state index in [9.17, 15) is 14.9 Å². The van der Waals surface area contributed by atoms with Crippen LogP contribution in [0.15, 0.2) is 36.4 Å². The van der Waals surface area contributed by atoms with Crippen molar-refractivity contribution in [2.75, 3.05) is 17.7 Å². The first-order chi connectivity index (χ1) is 12.0. The third-order valence-electron chi connectivity index (χ3n) is 3.55. The molecule has 0 aliphatic carbocycles. The summed E-state index contributed by atoms with van der Waals surface area (Å²) < 4.78 is 0. The fourth-order valence-electron chi connectivity index (χ4n) is 2.33. The molecule has 0 aliphatic rings. The standard InChI is InChI=1S/C16H15N5O3S/c1-9-3-6-14(25-9)13-8-15(20-19-13)18-16(22)11-7-10(21(23)24)4-5-12(11)17-2/h3-8,17H,1-2H3,(H2,18,19,20,22). The molecule has 1 amide bonds. The minimum Gasteiger partial charge on any atom is -0.387 e. The van der Waals surface area contributed by atoms with Crippen LogP contribution in [0.4, 0.5) is 17.2 Å². The number of anilines is 2. The third kappa shape index (κ3) is 3.50. The highest BCUT2D eigenvalue weighted by atomic mass is 32.1. The molecule has 0 radical (unpaired) electrons. The molecule has 0 spiro atoms. The molecule has 9 heteroatoms. The molecule has 3 N–H and O–H groups in total. The van der Waals surface area contributed by atoms with Crippen molar-refractivity contribution in [1.29, 1.82) is 0 Å². The fourth-order valence-corrected chi connectivity index (χ4v) is 3.16. The molecule has 0 saturated carbocycles. The minimum atomic E-state index is -0.540. The number of nitro benzene ring substituents is 1. The minimum absolute atomic E-state index is 0.152. The number of thiophene rings is 1. The number of hydrogen-bond acceptors (Lipinski definition) is 6. The van der Waals surface area contributed by atoms with Crippen molar-refractivity contribution in [2.45, 2.75) is 6.92 Å². The summed E-state index contributed by atoms with van der Waals surface area (Å²) in [6.07, 6.45) is 0. The number of H-pyrrole nitrogens is 1. The summed E-state index contributed by atoms with van der Waals surface area (Å²) in [4.78, 5) is 25.1. The molecule has 0 fully saturated rings. The Kier molecular flexibility index (Phi) is 4.48. The first-order valence-corrected chi connectivity index (χ1v) is 8.19. The molecule has 0 saturated heterocycles. The number of nitrogens with one attached hydrogen (secondary N) is 3. The van der Waals surface area contributed by atoms with E-state index in [1.165, 1.54) is 23.1 Å². The van der Waals surface area contributed by atoms with Gasteiger partial charge >= 0.3 is 0 Å². The van der Waals surface area contributed by atoms with Crippen LogP contribution in [-0.4, -0.2) is 28.1 Å². The van der Waals surface area contributed by atoms with Crippen LogP contribution in [0, 0.1) is 17.0 Å². The number of rotatable bonds is 5. The number of non-ortho nitro benzene ring substituents is 1. The number of nitro groups is 1. The first kappa shape index (κ1) is 16.7. The van der Waals surface area contributed by atoms with Crippen molar-refractivity contribution in [2.24, 2.45) is 0 Å². The summed E-state index contributed by atoms with van der Waals surface area (Å²) >= 11 is 1.61. The van der Waals surface area contributed by atoms with Gasteiger partial charge in [0.05, 0.1) is 21.1 Å². The van der Waals surface area contributed by atoms with Gasteiger partial charge in [0.2, 0.25) is 0 Å². The third-order valence-corrected chi connectivity index (χ3v) is 4.59. The summed E-state index contributed by atoms with van der Waals surface area (Å²) in [6.45, 7) is 2.01. The van der Waals surface area contributed by atoms with E-state index in [-0.39, 0.29) is 11.3 Å². The maximum atomic E-state index is 12.5. The molecule has 0 aliphatic heterocycles. The van der Waals surface area contributed by atoms with Gasteiger partial charge in [0.1, 0.15) is 0 Å². The molecule has 3 rings (SSSR count). The lowest BCUT2D eigenvalue weighted by atomic mass is 10.1. The number of hydrogen-bond donors (Lipinski definition) is 3. The average molecular weight is 357 g/mol. The molecule has 2 aromatic heterocycles. The zero-order valence-electron chi connectivity index (χ0n) is 13.5. The maximum absolute atomic E-state index is 12.5. The summed E-state index contributed by atoms with van der Waals surface area (Å²) in [5.41, 5.74) is 1.31. The van der Waals surface area contributed by atoms with Gasteiger partial charge in [-0.2, -0.15) is 5.10 Å². The van der Waals surface area contributed by atoms with E-state index in [4.69, 9.17) is 0 Å². The van der Waals surface area contributed by atoms with E-state index < -0.39 is 10.8 Å². The van der Waals surface area contributed by atoms with Crippen LogP contribution < -0.4 is 10.6 Å². The summed E-state index contributed by atoms with van der Waals surface area (Å²) in [5.74, 6) is -0.131. The quantitative estimate of drug-likeness (QED) is 0.476. The van der Waals surface area contributed by atoms with Crippen molar-refractivity contribution in [3.8, 4) is 10.6 Å². The Bertz CT molecular complexity index is 947. The topological polar surface area (TPSA) is 113 Å². The van der Waals surface area contributed by atoms with Crippen molar-refractivity contribution in [1.82, 2.24) is 10.2 Å². The van der Waals surface area contributed by atoms with Crippen LogP contribution in [0.5, 0.6) is 0 Å². The summed E-state index contributed by atoms with van der Waals surface area (Å²) in [6, 6.07) is 9.77. The summed E-state index contributed by atoms with van der Waals surface area (Å²) in [5, 5.41) is 23.4. The van der Waals surface area contributed by atoms with Gasteiger partial charge in [0, 0.05) is 35.8 Å². The molecular weight excluding hydrogens is 342 g/mol. The highest BCUT2D eigenvalue weighted by Crippen LogP contribution is 2.28. The Morgan fingerprint density at radius 2 is 2.08 bits per heavy atom. The van der Waals surface area contributed by atoms with E-state index in [1.54, 1.807) is 24.5 Å². The number of aryl methyl sites for hydroxylation is 1. The van der Waals surface area contributed by atoms with E-state index in [0.29, 0.717) is 11.5 Å². The number of amides is 1. The Labute approximate surface area is 147 Å². The highest BCUT2D eigenvalue weighted by molar-refractivity contribution is 7.15. The molecule has 0 unspecified atom stereocenters. The number of aromatic amines is 1. The van der Waals surface area contributed by atoms with Crippen LogP contribution in [0.2, 0.25) is 0 Å². The molecule has 25 heavy (non-hydrogen) atoms. The van der Waals surface area contributed by atoms with Crippen molar-refractivity contribution >= 4 is 34.4 Å². The highest BCUT2D eigenvalue weighted by Gasteiger charge is 2.17. The van der Waals surface area contributed by atoms with Gasteiger partial charge in [-0.15, -0.1) is 11.3 Å². The number of carbonyl (C=O) groups excluding carboxylic acids is 1. The molecule has 128 valence electrons. The van der Waals surface area contributed by atoms with Crippen LogP contribution in [0.3, 0.4) is 0 Å². The van der Waals surface area contributed by atoms with Crippen molar-refractivity contribution in [3.05, 3.63) is 57.0 Å². The lowest BCUT2D eigenvalue weighted by Gasteiger charge is -2.08. The molecule has 2 heterocycles. The Morgan fingerprint density at radius 3 is 2.72 bits per heavy atom. The van der Waals surface area contributed by atoms with Crippen LogP contribution >= 0.6 is 11.3 Å². The lowest BCUT2D eigenvalue weighted by Crippen LogP contribution is -2.14. The van der Waals surface area contributed by atoms with Gasteiger partial charge in [-0.05, 0) is 25.1 Å². The van der Waals surface area contributed by atoms with Crippen molar-refractivity contribution in [3.63, 3.8) is 0 Å². The second-order valence-electron chi connectivity index (χ2n) is 5.27. The Hall–Kier alpha value is -3.20. The predicted molar refractivity (Wildman–Crippen MR) is 97.2 cm³/mol.